The number of rotatable bonds is 7. The Kier molecular flexibility index (Phi) is 6.60. The molecule has 1 N–H and O–H groups in total. The van der Waals surface area contributed by atoms with Gasteiger partial charge in [-0.05, 0) is 30.7 Å². The zero-order chi connectivity index (χ0) is 23.4. The number of thiophene rings is 1. The fourth-order valence-corrected chi connectivity index (χ4v) is 4.43. The first-order chi connectivity index (χ1) is 15.9. The smallest absolute Gasteiger partial charge is 0.339 e. The number of hydrogen-bond acceptors (Lipinski definition) is 6. The van der Waals surface area contributed by atoms with Crippen LogP contribution in [0.15, 0.2) is 66.7 Å². The van der Waals surface area contributed by atoms with Crippen molar-refractivity contribution in [2.45, 2.75) is 20.4 Å². The summed E-state index contributed by atoms with van der Waals surface area (Å²) in [4.78, 5) is 42.9. The lowest BCUT2D eigenvalue weighted by atomic mass is 9.98. The molecule has 6 nitrogen and oxygen atoms in total. The highest BCUT2D eigenvalue weighted by atomic mass is 32.1. The summed E-state index contributed by atoms with van der Waals surface area (Å²) in [6.07, 6.45) is 0. The van der Waals surface area contributed by atoms with E-state index in [-0.39, 0.29) is 18.3 Å². The molecule has 2 aromatic heterocycles. The minimum Gasteiger partial charge on any atom is -0.454 e. The van der Waals surface area contributed by atoms with E-state index in [0.717, 1.165) is 10.4 Å². The van der Waals surface area contributed by atoms with Crippen LogP contribution < -0.4 is 5.32 Å². The molecule has 7 heteroatoms. The van der Waals surface area contributed by atoms with Gasteiger partial charge in [0.25, 0.3) is 0 Å². The molecule has 166 valence electrons. The number of ketones is 1. The normalized spacial score (nSPS) is 10.7. The predicted octanol–water partition coefficient (Wildman–Crippen LogP) is 4.95. The van der Waals surface area contributed by atoms with Crippen molar-refractivity contribution in [1.29, 1.82) is 0 Å². The SMILES string of the molecule is CC(=O)NCc1ccc(C(=O)COC(=O)c2c(C)c(-c3ccccc3)nc3ccccc23)s1. The van der Waals surface area contributed by atoms with E-state index in [0.29, 0.717) is 39.1 Å². The first-order valence-corrected chi connectivity index (χ1v) is 11.2. The number of nitrogens with zero attached hydrogens (tertiary/aromatic N) is 1. The Hall–Kier alpha value is -3.84. The van der Waals surface area contributed by atoms with Gasteiger partial charge in [0.15, 0.2) is 6.61 Å². The third-order valence-electron chi connectivity index (χ3n) is 5.17. The van der Waals surface area contributed by atoms with E-state index in [1.165, 1.54) is 18.3 Å². The van der Waals surface area contributed by atoms with Crippen molar-refractivity contribution in [3.05, 3.63) is 87.6 Å². The molecular formula is C26H22N2O4S. The number of carbonyl (C=O) groups excluding carboxylic acids is 3. The van der Waals surface area contributed by atoms with Gasteiger partial charge in [-0.3, -0.25) is 9.59 Å². The number of esters is 1. The van der Waals surface area contributed by atoms with Crippen LogP contribution >= 0.6 is 11.3 Å². The number of benzene rings is 2. The van der Waals surface area contributed by atoms with Crippen LogP contribution in [0.3, 0.4) is 0 Å². The molecule has 33 heavy (non-hydrogen) atoms. The van der Waals surface area contributed by atoms with E-state index >= 15 is 0 Å². The molecule has 0 saturated heterocycles. The summed E-state index contributed by atoms with van der Waals surface area (Å²) in [5.74, 6) is -0.992. The summed E-state index contributed by atoms with van der Waals surface area (Å²) in [7, 11) is 0. The van der Waals surface area contributed by atoms with Gasteiger partial charge < -0.3 is 10.1 Å². The van der Waals surface area contributed by atoms with Crippen LogP contribution in [0, 0.1) is 6.92 Å². The molecule has 0 aliphatic carbocycles. The zero-order valence-corrected chi connectivity index (χ0v) is 19.1. The summed E-state index contributed by atoms with van der Waals surface area (Å²) in [6.45, 7) is 3.27. The van der Waals surface area contributed by atoms with Crippen molar-refractivity contribution >= 4 is 39.9 Å². The number of para-hydroxylation sites is 1. The van der Waals surface area contributed by atoms with Gasteiger partial charge in [-0.15, -0.1) is 11.3 Å². The van der Waals surface area contributed by atoms with Gasteiger partial charge in [-0.2, -0.15) is 0 Å². The van der Waals surface area contributed by atoms with Gasteiger partial charge in [0.2, 0.25) is 11.7 Å². The Bertz CT molecular complexity index is 1350. The first-order valence-electron chi connectivity index (χ1n) is 10.4. The molecule has 0 aliphatic rings. The number of ether oxygens (including phenoxy) is 1. The molecule has 4 rings (SSSR count). The highest BCUT2D eigenvalue weighted by molar-refractivity contribution is 7.14. The third kappa shape index (κ3) is 4.99. The molecule has 0 spiro atoms. The molecule has 2 heterocycles. The topological polar surface area (TPSA) is 85.4 Å². The summed E-state index contributed by atoms with van der Waals surface area (Å²) in [5, 5.41) is 3.38. The molecule has 0 atom stereocenters. The van der Waals surface area contributed by atoms with Gasteiger partial charge in [0, 0.05) is 22.8 Å². The van der Waals surface area contributed by atoms with Gasteiger partial charge >= 0.3 is 5.97 Å². The third-order valence-corrected chi connectivity index (χ3v) is 6.30. The van der Waals surface area contributed by atoms with Crippen LogP contribution in [0.1, 0.15) is 37.4 Å². The second kappa shape index (κ2) is 9.75. The summed E-state index contributed by atoms with van der Waals surface area (Å²) in [6, 6.07) is 20.5. The number of carbonyl (C=O) groups is 3. The maximum absolute atomic E-state index is 13.1. The fourth-order valence-electron chi connectivity index (χ4n) is 3.56. The Morgan fingerprint density at radius 3 is 2.45 bits per heavy atom. The lowest BCUT2D eigenvalue weighted by molar-refractivity contribution is -0.119. The molecule has 2 aromatic carbocycles. The van der Waals surface area contributed by atoms with Crippen molar-refractivity contribution in [2.24, 2.45) is 0 Å². The van der Waals surface area contributed by atoms with Crippen LogP contribution in [0.25, 0.3) is 22.2 Å². The van der Waals surface area contributed by atoms with Crippen molar-refractivity contribution in [3.8, 4) is 11.3 Å². The molecule has 4 aromatic rings. The number of hydrogen-bond donors (Lipinski definition) is 1. The fraction of sp³-hybridized carbons (Fsp3) is 0.154. The lowest BCUT2D eigenvalue weighted by Crippen LogP contribution is -2.18. The monoisotopic (exact) mass is 458 g/mol. The number of nitrogens with one attached hydrogen (secondary N) is 1. The van der Waals surface area contributed by atoms with E-state index in [1.54, 1.807) is 12.1 Å². The van der Waals surface area contributed by atoms with Crippen molar-refractivity contribution in [2.75, 3.05) is 6.61 Å². The summed E-state index contributed by atoms with van der Waals surface area (Å²) < 4.78 is 5.45. The van der Waals surface area contributed by atoms with Crippen molar-refractivity contribution in [3.63, 3.8) is 0 Å². The van der Waals surface area contributed by atoms with Crippen LogP contribution in [-0.4, -0.2) is 29.3 Å². The standard InChI is InChI=1S/C26H22N2O4S/c1-16-24(20-10-6-7-11-21(20)28-25(16)18-8-4-3-5-9-18)26(31)32-15-22(30)23-13-12-19(33-23)14-27-17(2)29/h3-13H,14-15H2,1-2H3,(H,27,29). The maximum atomic E-state index is 13.1. The molecular weight excluding hydrogens is 436 g/mol. The molecule has 0 unspecified atom stereocenters. The minimum absolute atomic E-state index is 0.139. The number of pyridine rings is 1. The van der Waals surface area contributed by atoms with Crippen molar-refractivity contribution < 1.29 is 19.1 Å². The molecule has 0 bridgehead atoms. The molecule has 0 radical (unpaired) electrons. The quantitative estimate of drug-likeness (QED) is 0.313. The average molecular weight is 459 g/mol. The summed E-state index contributed by atoms with van der Waals surface area (Å²) in [5.41, 5.74) is 3.39. The van der Waals surface area contributed by atoms with Crippen LogP contribution in [0.5, 0.6) is 0 Å². The molecule has 1 amide bonds. The van der Waals surface area contributed by atoms with Gasteiger partial charge in [0.1, 0.15) is 0 Å². The van der Waals surface area contributed by atoms with Crippen LogP contribution in [-0.2, 0) is 16.1 Å². The second-order valence-electron chi connectivity index (χ2n) is 7.52. The average Bonchev–Trinajstić information content (AvgIpc) is 3.30. The molecule has 0 fully saturated rings. The number of aromatic nitrogens is 1. The van der Waals surface area contributed by atoms with E-state index in [9.17, 15) is 14.4 Å². The Morgan fingerprint density at radius 2 is 1.70 bits per heavy atom. The van der Waals surface area contributed by atoms with Gasteiger partial charge in [0.05, 0.1) is 28.2 Å². The van der Waals surface area contributed by atoms with E-state index in [1.807, 2.05) is 61.5 Å². The highest BCUT2D eigenvalue weighted by Gasteiger charge is 2.21. The highest BCUT2D eigenvalue weighted by Crippen LogP contribution is 2.30. The Labute approximate surface area is 195 Å². The summed E-state index contributed by atoms with van der Waals surface area (Å²) >= 11 is 1.27. The van der Waals surface area contributed by atoms with Gasteiger partial charge in [-0.25, -0.2) is 9.78 Å². The maximum Gasteiger partial charge on any atom is 0.339 e. The Balaban J connectivity index is 1.57. The number of Topliss-reactive ketones (excluding diaryl/α,β-unsaturated/α-hetero) is 1. The van der Waals surface area contributed by atoms with Crippen LogP contribution in [0.2, 0.25) is 0 Å². The second-order valence-corrected chi connectivity index (χ2v) is 8.69. The van der Waals surface area contributed by atoms with E-state index < -0.39 is 5.97 Å². The molecule has 0 saturated carbocycles. The lowest BCUT2D eigenvalue weighted by Gasteiger charge is -2.14. The largest absolute Gasteiger partial charge is 0.454 e. The van der Waals surface area contributed by atoms with E-state index in [2.05, 4.69) is 5.32 Å². The number of amides is 1. The van der Waals surface area contributed by atoms with E-state index in [4.69, 9.17) is 9.72 Å². The molecule has 0 aliphatic heterocycles. The van der Waals surface area contributed by atoms with Gasteiger partial charge in [-0.1, -0.05) is 48.5 Å². The van der Waals surface area contributed by atoms with Crippen LogP contribution in [0.4, 0.5) is 0 Å². The first kappa shape index (κ1) is 22.4. The zero-order valence-electron chi connectivity index (χ0n) is 18.3. The minimum atomic E-state index is -0.563. The number of fused-ring (bicyclic) bond motifs is 1. The van der Waals surface area contributed by atoms with Crippen molar-refractivity contribution in [1.82, 2.24) is 10.3 Å². The predicted molar refractivity (Wildman–Crippen MR) is 128 cm³/mol. The Morgan fingerprint density at radius 1 is 0.970 bits per heavy atom.